The van der Waals surface area contributed by atoms with Crippen LogP contribution in [-0.2, 0) is 6.54 Å². The Balaban J connectivity index is 2.85. The number of halogens is 3. The van der Waals surface area contributed by atoms with Gasteiger partial charge in [0, 0.05) is 12.6 Å². The van der Waals surface area contributed by atoms with Crippen molar-refractivity contribution in [3.8, 4) is 0 Å². The first kappa shape index (κ1) is 16.0. The van der Waals surface area contributed by atoms with Gasteiger partial charge in [-0.25, -0.2) is 0 Å². The summed E-state index contributed by atoms with van der Waals surface area (Å²) in [5.74, 6) is -0.0453. The van der Waals surface area contributed by atoms with Gasteiger partial charge in [0.1, 0.15) is 0 Å². The van der Waals surface area contributed by atoms with Gasteiger partial charge < -0.3 is 5.11 Å². The molecule has 0 aliphatic heterocycles. The van der Waals surface area contributed by atoms with Crippen molar-refractivity contribution >= 4 is 0 Å². The standard InChI is InChI=1S/C14H20F3NO/c1-11(2)13(9-19)18(10-14(15,16)17)8-12-6-4-3-5-7-12/h3-7,11,13,19H,8-10H2,1-2H3. The van der Waals surface area contributed by atoms with Crippen LogP contribution in [0, 0.1) is 5.92 Å². The summed E-state index contributed by atoms with van der Waals surface area (Å²) < 4.78 is 37.9. The van der Waals surface area contributed by atoms with E-state index in [9.17, 15) is 18.3 Å². The summed E-state index contributed by atoms with van der Waals surface area (Å²) >= 11 is 0. The molecule has 0 heterocycles. The summed E-state index contributed by atoms with van der Waals surface area (Å²) in [4.78, 5) is 1.29. The molecule has 19 heavy (non-hydrogen) atoms. The molecule has 0 amide bonds. The largest absolute Gasteiger partial charge is 0.401 e. The summed E-state index contributed by atoms with van der Waals surface area (Å²) in [6, 6.07) is 8.50. The van der Waals surface area contributed by atoms with E-state index in [1.165, 1.54) is 4.90 Å². The molecule has 0 radical (unpaired) electrons. The lowest BCUT2D eigenvalue weighted by atomic mass is 10.0. The second kappa shape index (κ2) is 6.91. The summed E-state index contributed by atoms with van der Waals surface area (Å²) in [5.41, 5.74) is 0.811. The normalized spacial score (nSPS) is 14.1. The molecule has 0 bridgehead atoms. The summed E-state index contributed by atoms with van der Waals surface area (Å²) in [7, 11) is 0. The molecule has 1 rings (SSSR count). The number of aliphatic hydroxyl groups excluding tert-OH is 1. The third-order valence-corrected chi connectivity index (χ3v) is 3.04. The van der Waals surface area contributed by atoms with Gasteiger partial charge in [0.05, 0.1) is 13.2 Å². The Hall–Kier alpha value is -1.07. The number of rotatable bonds is 6. The Kier molecular flexibility index (Phi) is 5.82. The second-order valence-electron chi connectivity index (χ2n) is 5.00. The first-order valence-corrected chi connectivity index (χ1v) is 6.29. The van der Waals surface area contributed by atoms with Gasteiger partial charge >= 0.3 is 6.18 Å². The summed E-state index contributed by atoms with van der Waals surface area (Å²) in [5, 5.41) is 9.33. The predicted molar refractivity (Wildman–Crippen MR) is 68.6 cm³/mol. The van der Waals surface area contributed by atoms with Crippen molar-refractivity contribution < 1.29 is 18.3 Å². The SMILES string of the molecule is CC(C)C(CO)N(Cc1ccccc1)CC(F)(F)F. The van der Waals surface area contributed by atoms with Crippen LogP contribution < -0.4 is 0 Å². The lowest BCUT2D eigenvalue weighted by molar-refractivity contribution is -0.156. The van der Waals surface area contributed by atoms with E-state index in [1.807, 2.05) is 19.9 Å². The maximum Gasteiger partial charge on any atom is 0.401 e. The summed E-state index contributed by atoms with van der Waals surface area (Å²) in [6.07, 6.45) is -4.27. The fourth-order valence-electron chi connectivity index (χ4n) is 2.09. The molecule has 1 unspecified atom stereocenters. The first-order chi connectivity index (χ1) is 8.83. The van der Waals surface area contributed by atoms with E-state index in [2.05, 4.69) is 0 Å². The van der Waals surface area contributed by atoms with Crippen LogP contribution in [0.3, 0.4) is 0 Å². The van der Waals surface area contributed by atoms with Crippen LogP contribution >= 0.6 is 0 Å². The van der Waals surface area contributed by atoms with Crippen LogP contribution in [0.15, 0.2) is 30.3 Å². The Morgan fingerprint density at radius 1 is 1.16 bits per heavy atom. The van der Waals surface area contributed by atoms with Crippen molar-refractivity contribution in [2.24, 2.45) is 5.92 Å². The van der Waals surface area contributed by atoms with Gasteiger partial charge in [-0.05, 0) is 11.5 Å². The highest BCUT2D eigenvalue weighted by Crippen LogP contribution is 2.22. The molecule has 1 N–H and O–H groups in total. The van der Waals surface area contributed by atoms with Gasteiger partial charge in [-0.3, -0.25) is 4.90 Å². The second-order valence-corrected chi connectivity index (χ2v) is 5.00. The zero-order valence-electron chi connectivity index (χ0n) is 11.2. The highest BCUT2D eigenvalue weighted by Gasteiger charge is 2.34. The number of hydrogen-bond donors (Lipinski definition) is 1. The topological polar surface area (TPSA) is 23.5 Å². The van der Waals surface area contributed by atoms with Gasteiger partial charge in [-0.1, -0.05) is 44.2 Å². The highest BCUT2D eigenvalue weighted by molar-refractivity contribution is 5.14. The fourth-order valence-corrected chi connectivity index (χ4v) is 2.09. The Bertz CT molecular complexity index is 365. The van der Waals surface area contributed by atoms with Crippen LogP contribution in [0.2, 0.25) is 0 Å². The van der Waals surface area contributed by atoms with Gasteiger partial charge in [0.15, 0.2) is 0 Å². The third-order valence-electron chi connectivity index (χ3n) is 3.04. The highest BCUT2D eigenvalue weighted by atomic mass is 19.4. The number of hydrogen-bond acceptors (Lipinski definition) is 2. The molecule has 0 fully saturated rings. The molecular weight excluding hydrogens is 255 g/mol. The monoisotopic (exact) mass is 275 g/mol. The van der Waals surface area contributed by atoms with Crippen LogP contribution in [0.5, 0.6) is 0 Å². The maximum atomic E-state index is 12.6. The van der Waals surface area contributed by atoms with E-state index in [4.69, 9.17) is 0 Å². The molecule has 108 valence electrons. The molecule has 0 aliphatic rings. The molecule has 0 saturated heterocycles. The zero-order chi connectivity index (χ0) is 14.5. The zero-order valence-corrected chi connectivity index (χ0v) is 11.2. The molecule has 2 nitrogen and oxygen atoms in total. The minimum atomic E-state index is -4.27. The van der Waals surface area contributed by atoms with E-state index in [0.29, 0.717) is 0 Å². The third kappa shape index (κ3) is 5.61. The van der Waals surface area contributed by atoms with Gasteiger partial charge in [-0.15, -0.1) is 0 Å². The van der Waals surface area contributed by atoms with Crippen molar-refractivity contribution in [3.63, 3.8) is 0 Å². The molecule has 0 aromatic heterocycles. The quantitative estimate of drug-likeness (QED) is 0.862. The molecule has 5 heteroatoms. The lowest BCUT2D eigenvalue weighted by Crippen LogP contribution is -2.45. The molecular formula is C14H20F3NO. The average molecular weight is 275 g/mol. The Morgan fingerprint density at radius 2 is 1.74 bits per heavy atom. The molecule has 1 aromatic carbocycles. The first-order valence-electron chi connectivity index (χ1n) is 6.29. The van der Waals surface area contributed by atoms with Crippen molar-refractivity contribution in [1.82, 2.24) is 4.90 Å². The van der Waals surface area contributed by atoms with E-state index in [1.54, 1.807) is 24.3 Å². The molecule has 1 aromatic rings. The van der Waals surface area contributed by atoms with E-state index in [-0.39, 0.29) is 19.1 Å². The van der Waals surface area contributed by atoms with E-state index < -0.39 is 18.8 Å². The maximum absolute atomic E-state index is 12.6. The number of alkyl halides is 3. The fraction of sp³-hybridized carbons (Fsp3) is 0.571. The van der Waals surface area contributed by atoms with Gasteiger partial charge in [-0.2, -0.15) is 13.2 Å². The molecule has 0 saturated carbocycles. The van der Waals surface area contributed by atoms with Crippen molar-refractivity contribution in [2.75, 3.05) is 13.2 Å². The minimum Gasteiger partial charge on any atom is -0.395 e. The van der Waals surface area contributed by atoms with Crippen LogP contribution in [0.1, 0.15) is 19.4 Å². The summed E-state index contributed by atoms with van der Waals surface area (Å²) in [6.45, 7) is 2.53. The van der Waals surface area contributed by atoms with Gasteiger partial charge in [0.2, 0.25) is 0 Å². The predicted octanol–water partition coefficient (Wildman–Crippen LogP) is 3.07. The minimum absolute atomic E-state index is 0.0453. The smallest absolute Gasteiger partial charge is 0.395 e. The molecule has 0 aliphatic carbocycles. The lowest BCUT2D eigenvalue weighted by Gasteiger charge is -2.33. The van der Waals surface area contributed by atoms with Crippen molar-refractivity contribution in [3.05, 3.63) is 35.9 Å². The van der Waals surface area contributed by atoms with E-state index in [0.717, 1.165) is 5.56 Å². The van der Waals surface area contributed by atoms with E-state index >= 15 is 0 Å². The Morgan fingerprint density at radius 3 is 2.16 bits per heavy atom. The van der Waals surface area contributed by atoms with Gasteiger partial charge in [0.25, 0.3) is 0 Å². The van der Waals surface area contributed by atoms with Crippen LogP contribution in [-0.4, -0.2) is 35.4 Å². The van der Waals surface area contributed by atoms with Crippen LogP contribution in [0.4, 0.5) is 13.2 Å². The average Bonchev–Trinajstić information content (AvgIpc) is 2.28. The van der Waals surface area contributed by atoms with Crippen molar-refractivity contribution in [1.29, 1.82) is 0 Å². The number of aliphatic hydroxyl groups is 1. The Labute approximate surface area is 111 Å². The number of benzene rings is 1. The van der Waals surface area contributed by atoms with Crippen LogP contribution in [0.25, 0.3) is 0 Å². The van der Waals surface area contributed by atoms with Crippen molar-refractivity contribution in [2.45, 2.75) is 32.6 Å². The number of nitrogens with zero attached hydrogens (tertiary/aromatic N) is 1. The molecule has 0 spiro atoms. The molecule has 1 atom stereocenters.